The first-order valence-electron chi connectivity index (χ1n) is 5.60. The van der Waals surface area contributed by atoms with Gasteiger partial charge in [-0.05, 0) is 30.9 Å². The quantitative estimate of drug-likeness (QED) is 0.823. The molecule has 1 saturated carbocycles. The molecular formula is C12H18N2O. The van der Waals surface area contributed by atoms with Gasteiger partial charge in [-0.25, -0.2) is 4.98 Å². The van der Waals surface area contributed by atoms with Crippen molar-refractivity contribution in [2.24, 2.45) is 5.92 Å². The molecule has 0 radical (unpaired) electrons. The van der Waals surface area contributed by atoms with Gasteiger partial charge in [0.15, 0.2) is 0 Å². The third kappa shape index (κ3) is 2.61. The molecule has 2 N–H and O–H groups in total. The van der Waals surface area contributed by atoms with E-state index >= 15 is 0 Å². The minimum atomic E-state index is 0.583. The number of hydrogen-bond donors (Lipinski definition) is 1. The van der Waals surface area contributed by atoms with E-state index in [0.29, 0.717) is 11.6 Å². The topological polar surface area (TPSA) is 48.1 Å². The van der Waals surface area contributed by atoms with Crippen molar-refractivity contribution in [2.75, 3.05) is 12.3 Å². The molecule has 0 saturated heterocycles. The van der Waals surface area contributed by atoms with Gasteiger partial charge in [-0.15, -0.1) is 0 Å². The van der Waals surface area contributed by atoms with E-state index < -0.39 is 0 Å². The second-order valence-electron chi connectivity index (χ2n) is 4.34. The summed E-state index contributed by atoms with van der Waals surface area (Å²) < 4.78 is 5.56. The van der Waals surface area contributed by atoms with Gasteiger partial charge in [0, 0.05) is 6.20 Å². The third-order valence-electron chi connectivity index (χ3n) is 3.01. The van der Waals surface area contributed by atoms with Crippen LogP contribution in [0.1, 0.15) is 31.2 Å². The van der Waals surface area contributed by atoms with Gasteiger partial charge in [0.2, 0.25) is 5.88 Å². The second-order valence-corrected chi connectivity index (χ2v) is 4.34. The second kappa shape index (κ2) is 4.51. The fraction of sp³-hybridized carbons (Fsp3) is 0.583. The minimum Gasteiger partial charge on any atom is -0.476 e. The highest BCUT2D eigenvalue weighted by Gasteiger charge is 2.17. The Labute approximate surface area is 90.7 Å². The molecule has 0 amide bonds. The summed E-state index contributed by atoms with van der Waals surface area (Å²) in [6, 6.07) is 1.89. The summed E-state index contributed by atoms with van der Waals surface area (Å²) in [7, 11) is 0. The average molecular weight is 206 g/mol. The third-order valence-corrected chi connectivity index (χ3v) is 3.01. The van der Waals surface area contributed by atoms with Gasteiger partial charge in [0.25, 0.3) is 0 Å². The van der Waals surface area contributed by atoms with Crippen LogP contribution in [-0.2, 0) is 0 Å². The number of anilines is 1. The lowest BCUT2D eigenvalue weighted by atomic mass is 9.83. The van der Waals surface area contributed by atoms with Crippen LogP contribution in [0.25, 0.3) is 0 Å². The molecule has 82 valence electrons. The Balaban J connectivity index is 1.81. The van der Waals surface area contributed by atoms with Crippen LogP contribution in [0.4, 0.5) is 5.69 Å². The molecular weight excluding hydrogens is 188 g/mol. The largest absolute Gasteiger partial charge is 0.476 e. The van der Waals surface area contributed by atoms with Crippen LogP contribution in [0.3, 0.4) is 0 Å². The normalized spacial score (nSPS) is 16.1. The van der Waals surface area contributed by atoms with E-state index in [1.54, 1.807) is 6.20 Å². The van der Waals surface area contributed by atoms with Crippen LogP contribution in [0.15, 0.2) is 12.3 Å². The van der Waals surface area contributed by atoms with E-state index in [4.69, 9.17) is 10.5 Å². The van der Waals surface area contributed by atoms with Crippen LogP contribution >= 0.6 is 0 Å². The number of ether oxygens (including phenoxy) is 1. The Morgan fingerprint density at radius 2 is 2.33 bits per heavy atom. The number of rotatable bonds is 4. The highest BCUT2D eigenvalue weighted by molar-refractivity contribution is 5.49. The number of pyridine rings is 1. The standard InChI is InChI=1S/C12H18N2O/c1-9-7-11(13)12(14-8-9)15-6-5-10-3-2-4-10/h7-8,10H,2-6,13H2,1H3. The molecule has 0 spiro atoms. The summed E-state index contributed by atoms with van der Waals surface area (Å²) in [6.45, 7) is 2.71. The predicted molar refractivity (Wildman–Crippen MR) is 60.8 cm³/mol. The fourth-order valence-corrected chi connectivity index (χ4v) is 1.80. The van der Waals surface area contributed by atoms with E-state index in [1.807, 2.05) is 13.0 Å². The molecule has 1 aromatic heterocycles. The lowest BCUT2D eigenvalue weighted by molar-refractivity contribution is 0.218. The van der Waals surface area contributed by atoms with Gasteiger partial charge in [-0.1, -0.05) is 19.3 Å². The molecule has 1 aromatic rings. The lowest BCUT2D eigenvalue weighted by Crippen LogP contribution is -2.15. The number of aromatic nitrogens is 1. The van der Waals surface area contributed by atoms with Gasteiger partial charge in [0.05, 0.1) is 12.3 Å². The summed E-state index contributed by atoms with van der Waals surface area (Å²) in [4.78, 5) is 4.17. The van der Waals surface area contributed by atoms with Crippen molar-refractivity contribution in [3.8, 4) is 5.88 Å². The van der Waals surface area contributed by atoms with E-state index in [2.05, 4.69) is 4.98 Å². The van der Waals surface area contributed by atoms with Gasteiger partial charge in [-0.3, -0.25) is 0 Å². The lowest BCUT2D eigenvalue weighted by Gasteiger charge is -2.24. The van der Waals surface area contributed by atoms with E-state index in [0.717, 1.165) is 24.5 Å². The minimum absolute atomic E-state index is 0.583. The van der Waals surface area contributed by atoms with Gasteiger partial charge in [-0.2, -0.15) is 0 Å². The summed E-state index contributed by atoms with van der Waals surface area (Å²) in [5.74, 6) is 1.46. The monoisotopic (exact) mass is 206 g/mol. The molecule has 0 aliphatic heterocycles. The van der Waals surface area contributed by atoms with Gasteiger partial charge in [0.1, 0.15) is 0 Å². The first-order valence-corrected chi connectivity index (χ1v) is 5.60. The van der Waals surface area contributed by atoms with Crippen molar-refractivity contribution in [2.45, 2.75) is 32.6 Å². The maximum absolute atomic E-state index is 5.80. The zero-order valence-electron chi connectivity index (χ0n) is 9.20. The Bertz CT molecular complexity index is 334. The Morgan fingerprint density at radius 1 is 1.53 bits per heavy atom. The van der Waals surface area contributed by atoms with Gasteiger partial charge < -0.3 is 10.5 Å². The number of nitrogens with zero attached hydrogens (tertiary/aromatic N) is 1. The molecule has 0 aromatic carbocycles. The van der Waals surface area contributed by atoms with Crippen LogP contribution < -0.4 is 10.5 Å². The summed E-state index contributed by atoms with van der Waals surface area (Å²) in [5.41, 5.74) is 7.51. The molecule has 2 rings (SSSR count). The van der Waals surface area contributed by atoms with E-state index in [9.17, 15) is 0 Å². The summed E-state index contributed by atoms with van der Waals surface area (Å²) >= 11 is 0. The molecule has 0 unspecified atom stereocenters. The molecule has 1 heterocycles. The van der Waals surface area contributed by atoms with Crippen LogP contribution in [0, 0.1) is 12.8 Å². The van der Waals surface area contributed by atoms with Crippen molar-refractivity contribution >= 4 is 5.69 Å². The highest BCUT2D eigenvalue weighted by atomic mass is 16.5. The SMILES string of the molecule is Cc1cnc(OCCC2CCC2)c(N)c1. The van der Waals surface area contributed by atoms with Gasteiger partial charge >= 0.3 is 0 Å². The first kappa shape index (κ1) is 10.3. The summed E-state index contributed by atoms with van der Waals surface area (Å²) in [6.07, 6.45) is 7.03. The van der Waals surface area contributed by atoms with Crippen molar-refractivity contribution in [3.05, 3.63) is 17.8 Å². The maximum atomic E-state index is 5.80. The van der Waals surface area contributed by atoms with E-state index in [1.165, 1.54) is 19.3 Å². The molecule has 1 aliphatic carbocycles. The molecule has 1 fully saturated rings. The van der Waals surface area contributed by atoms with Crippen LogP contribution in [0.2, 0.25) is 0 Å². The van der Waals surface area contributed by atoms with Crippen molar-refractivity contribution in [1.82, 2.24) is 4.98 Å². The average Bonchev–Trinajstić information content (AvgIpc) is 2.12. The Kier molecular flexibility index (Phi) is 3.09. The van der Waals surface area contributed by atoms with Crippen molar-refractivity contribution in [3.63, 3.8) is 0 Å². The molecule has 0 atom stereocenters. The van der Waals surface area contributed by atoms with Crippen LogP contribution in [0.5, 0.6) is 5.88 Å². The Morgan fingerprint density at radius 3 is 2.93 bits per heavy atom. The molecule has 3 nitrogen and oxygen atoms in total. The Hall–Kier alpha value is -1.25. The molecule has 1 aliphatic rings. The number of aryl methyl sites for hydroxylation is 1. The van der Waals surface area contributed by atoms with Crippen molar-refractivity contribution in [1.29, 1.82) is 0 Å². The number of nitrogen functional groups attached to an aromatic ring is 1. The van der Waals surface area contributed by atoms with Crippen molar-refractivity contribution < 1.29 is 4.74 Å². The van der Waals surface area contributed by atoms with E-state index in [-0.39, 0.29) is 0 Å². The highest BCUT2D eigenvalue weighted by Crippen LogP contribution is 2.29. The zero-order valence-corrected chi connectivity index (χ0v) is 9.20. The number of hydrogen-bond acceptors (Lipinski definition) is 3. The molecule has 15 heavy (non-hydrogen) atoms. The molecule has 0 bridgehead atoms. The maximum Gasteiger partial charge on any atom is 0.237 e. The molecule has 3 heteroatoms. The predicted octanol–water partition coefficient (Wildman–Crippen LogP) is 2.54. The smallest absolute Gasteiger partial charge is 0.237 e. The first-order chi connectivity index (χ1) is 7.25. The summed E-state index contributed by atoms with van der Waals surface area (Å²) in [5, 5.41) is 0. The zero-order chi connectivity index (χ0) is 10.7. The number of nitrogens with two attached hydrogens (primary N) is 1. The fourth-order valence-electron chi connectivity index (χ4n) is 1.80. The van der Waals surface area contributed by atoms with Crippen LogP contribution in [-0.4, -0.2) is 11.6 Å².